The highest BCUT2D eigenvalue weighted by atomic mass is 16.5. The fourth-order valence-corrected chi connectivity index (χ4v) is 3.34. The van der Waals surface area contributed by atoms with Gasteiger partial charge >= 0.3 is 0 Å². The van der Waals surface area contributed by atoms with Gasteiger partial charge in [-0.2, -0.15) is 0 Å². The number of fused-ring (bicyclic) bond motifs is 1. The van der Waals surface area contributed by atoms with Gasteiger partial charge in [0.2, 0.25) is 0 Å². The number of rotatable bonds is 7. The summed E-state index contributed by atoms with van der Waals surface area (Å²) in [5, 5.41) is 2.89. The van der Waals surface area contributed by atoms with Crippen molar-refractivity contribution in [3.8, 4) is 17.2 Å². The lowest BCUT2D eigenvalue weighted by Gasteiger charge is -2.15. The summed E-state index contributed by atoms with van der Waals surface area (Å²) >= 11 is 0. The van der Waals surface area contributed by atoms with E-state index in [1.807, 2.05) is 6.92 Å². The molecule has 1 heterocycles. The number of benzene rings is 2. The molecule has 1 aromatic heterocycles. The van der Waals surface area contributed by atoms with Crippen LogP contribution < -0.4 is 25.1 Å². The van der Waals surface area contributed by atoms with Crippen LogP contribution in [-0.4, -0.2) is 36.8 Å². The molecule has 8 heteroatoms. The van der Waals surface area contributed by atoms with Crippen molar-refractivity contribution in [2.24, 2.45) is 0 Å². The number of amides is 1. The van der Waals surface area contributed by atoms with Gasteiger partial charge in [0.05, 0.1) is 32.4 Å². The molecule has 0 radical (unpaired) electrons. The molecule has 0 saturated carbocycles. The number of nitrogens with zero attached hydrogens (tertiary/aromatic N) is 2. The van der Waals surface area contributed by atoms with Crippen molar-refractivity contribution >= 4 is 16.9 Å². The number of aryl methyl sites for hydroxylation is 2. The molecule has 158 valence electrons. The Kier molecular flexibility index (Phi) is 6.25. The number of hydrogen-bond donors (Lipinski definition) is 1. The Labute approximate surface area is 174 Å². The molecular formula is C22H25N3O5. The van der Waals surface area contributed by atoms with Gasteiger partial charge in [-0.15, -0.1) is 0 Å². The second kappa shape index (κ2) is 8.86. The zero-order valence-electron chi connectivity index (χ0n) is 17.7. The second-order valence-corrected chi connectivity index (χ2v) is 6.65. The quantitative estimate of drug-likeness (QED) is 0.643. The van der Waals surface area contributed by atoms with Gasteiger partial charge in [0.15, 0.2) is 11.5 Å². The third-order valence-corrected chi connectivity index (χ3v) is 4.91. The second-order valence-electron chi connectivity index (χ2n) is 6.65. The third-order valence-electron chi connectivity index (χ3n) is 4.91. The summed E-state index contributed by atoms with van der Waals surface area (Å²) in [6.07, 6.45) is 0. The highest BCUT2D eigenvalue weighted by Crippen LogP contribution is 2.34. The van der Waals surface area contributed by atoms with Crippen molar-refractivity contribution in [3.63, 3.8) is 0 Å². The highest BCUT2D eigenvalue weighted by molar-refractivity contribution is 5.97. The first-order valence-electron chi connectivity index (χ1n) is 9.51. The van der Waals surface area contributed by atoms with E-state index in [0.717, 1.165) is 5.56 Å². The Morgan fingerprint density at radius 2 is 1.70 bits per heavy atom. The number of methoxy groups -OCH3 is 3. The fraction of sp³-hybridized carbons (Fsp3) is 0.318. The molecule has 0 saturated heterocycles. The van der Waals surface area contributed by atoms with Gasteiger partial charge in [-0.3, -0.25) is 9.59 Å². The van der Waals surface area contributed by atoms with Crippen LogP contribution in [0.2, 0.25) is 0 Å². The van der Waals surface area contributed by atoms with E-state index in [1.54, 1.807) is 63.2 Å². The van der Waals surface area contributed by atoms with Gasteiger partial charge in [-0.25, -0.2) is 4.98 Å². The van der Waals surface area contributed by atoms with E-state index in [0.29, 0.717) is 46.1 Å². The van der Waals surface area contributed by atoms with Crippen LogP contribution in [0.4, 0.5) is 0 Å². The van der Waals surface area contributed by atoms with E-state index in [9.17, 15) is 9.59 Å². The van der Waals surface area contributed by atoms with Crippen LogP contribution in [0.15, 0.2) is 35.1 Å². The molecule has 2 aromatic carbocycles. The Balaban J connectivity index is 1.87. The van der Waals surface area contributed by atoms with E-state index in [4.69, 9.17) is 14.2 Å². The number of ether oxygens (including phenoxy) is 3. The molecular weight excluding hydrogens is 386 g/mol. The average molecular weight is 411 g/mol. The molecule has 0 aliphatic rings. The molecule has 1 N–H and O–H groups in total. The molecule has 0 spiro atoms. The van der Waals surface area contributed by atoms with E-state index in [-0.39, 0.29) is 18.0 Å². The Morgan fingerprint density at radius 3 is 2.33 bits per heavy atom. The topological polar surface area (TPSA) is 91.7 Å². The summed E-state index contributed by atoms with van der Waals surface area (Å²) in [5.41, 5.74) is 2.78. The zero-order valence-corrected chi connectivity index (χ0v) is 17.7. The summed E-state index contributed by atoms with van der Waals surface area (Å²) in [6.45, 7) is 4.34. The number of aromatic nitrogens is 2. The fourth-order valence-electron chi connectivity index (χ4n) is 3.34. The molecule has 0 bridgehead atoms. The van der Waals surface area contributed by atoms with Crippen LogP contribution >= 0.6 is 0 Å². The summed E-state index contributed by atoms with van der Waals surface area (Å²) in [5.74, 6) is 1.41. The van der Waals surface area contributed by atoms with Crippen LogP contribution in [0.1, 0.15) is 28.5 Å². The molecule has 30 heavy (non-hydrogen) atoms. The minimum Gasteiger partial charge on any atom is -0.496 e. The molecule has 0 aliphatic heterocycles. The summed E-state index contributed by atoms with van der Waals surface area (Å²) in [7, 11) is 4.65. The maximum atomic E-state index is 12.7. The summed E-state index contributed by atoms with van der Waals surface area (Å²) in [4.78, 5) is 29.3. The van der Waals surface area contributed by atoms with Crippen molar-refractivity contribution in [2.75, 3.05) is 21.3 Å². The van der Waals surface area contributed by atoms with E-state index in [1.165, 1.54) is 0 Å². The minimum atomic E-state index is -0.262. The van der Waals surface area contributed by atoms with Gasteiger partial charge in [0, 0.05) is 30.3 Å². The van der Waals surface area contributed by atoms with Crippen molar-refractivity contribution in [1.82, 2.24) is 14.9 Å². The predicted molar refractivity (Wildman–Crippen MR) is 114 cm³/mol. The Morgan fingerprint density at radius 1 is 1.03 bits per heavy atom. The molecule has 3 rings (SSSR count). The van der Waals surface area contributed by atoms with Crippen molar-refractivity contribution in [1.29, 1.82) is 0 Å². The van der Waals surface area contributed by atoms with Crippen molar-refractivity contribution in [3.05, 3.63) is 57.5 Å². The van der Waals surface area contributed by atoms with Crippen LogP contribution in [0.3, 0.4) is 0 Å². The maximum absolute atomic E-state index is 12.7. The summed E-state index contributed by atoms with van der Waals surface area (Å²) in [6, 6.07) is 8.61. The molecule has 1 amide bonds. The minimum absolute atomic E-state index is 0.122. The third kappa shape index (κ3) is 3.94. The van der Waals surface area contributed by atoms with E-state index < -0.39 is 0 Å². The molecule has 3 aromatic rings. The van der Waals surface area contributed by atoms with Crippen LogP contribution in [0.5, 0.6) is 17.2 Å². The molecule has 0 fully saturated rings. The molecule has 8 nitrogen and oxygen atoms in total. The zero-order chi connectivity index (χ0) is 21.8. The van der Waals surface area contributed by atoms with Crippen molar-refractivity contribution in [2.45, 2.75) is 26.9 Å². The van der Waals surface area contributed by atoms with Gasteiger partial charge in [0.25, 0.3) is 11.5 Å². The monoisotopic (exact) mass is 411 g/mol. The standard InChI is InChI=1S/C22H25N3O5/c1-6-25-17-8-7-14(9-16(17)24-13(2)22(25)27)21(26)23-12-15-10-19(29-4)20(30-5)11-18(15)28-3/h7-11H,6,12H2,1-5H3,(H,23,26). The number of carbonyl (C=O) groups is 1. The van der Waals surface area contributed by atoms with E-state index in [2.05, 4.69) is 10.3 Å². The van der Waals surface area contributed by atoms with Gasteiger partial charge in [0.1, 0.15) is 11.4 Å². The van der Waals surface area contributed by atoms with Crippen molar-refractivity contribution < 1.29 is 19.0 Å². The van der Waals surface area contributed by atoms with Gasteiger partial charge < -0.3 is 24.1 Å². The normalized spacial score (nSPS) is 10.7. The molecule has 0 atom stereocenters. The highest BCUT2D eigenvalue weighted by Gasteiger charge is 2.15. The largest absolute Gasteiger partial charge is 0.496 e. The lowest BCUT2D eigenvalue weighted by molar-refractivity contribution is 0.0950. The lowest BCUT2D eigenvalue weighted by Crippen LogP contribution is -2.25. The molecule has 0 aliphatic carbocycles. The SMILES string of the molecule is CCn1c(=O)c(C)nc2cc(C(=O)NCc3cc(OC)c(OC)cc3OC)ccc21. The Hall–Kier alpha value is -3.55. The van der Waals surface area contributed by atoms with Crippen LogP contribution in [-0.2, 0) is 13.1 Å². The van der Waals surface area contributed by atoms with E-state index >= 15 is 0 Å². The average Bonchev–Trinajstić information content (AvgIpc) is 2.77. The summed E-state index contributed by atoms with van der Waals surface area (Å²) < 4.78 is 17.7. The Bertz CT molecular complexity index is 1150. The first-order valence-corrected chi connectivity index (χ1v) is 9.51. The number of carbonyl (C=O) groups excluding carboxylic acids is 1. The van der Waals surface area contributed by atoms with Gasteiger partial charge in [-0.1, -0.05) is 0 Å². The number of nitrogens with one attached hydrogen (secondary N) is 1. The number of hydrogen-bond acceptors (Lipinski definition) is 6. The van der Waals surface area contributed by atoms with Crippen LogP contribution in [0.25, 0.3) is 11.0 Å². The van der Waals surface area contributed by atoms with Gasteiger partial charge in [-0.05, 0) is 38.1 Å². The van der Waals surface area contributed by atoms with Crippen LogP contribution in [0, 0.1) is 6.92 Å². The first kappa shape index (κ1) is 21.2. The maximum Gasteiger partial charge on any atom is 0.272 e. The molecule has 0 unspecified atom stereocenters. The first-order chi connectivity index (χ1) is 14.4. The predicted octanol–water partition coefficient (Wildman–Crippen LogP) is 2.68. The smallest absolute Gasteiger partial charge is 0.272 e. The lowest BCUT2D eigenvalue weighted by atomic mass is 10.1.